The van der Waals surface area contributed by atoms with E-state index in [0.29, 0.717) is 6.42 Å². The number of unbranched alkanes of at least 4 members (excludes halogenated alkanes) is 1. The molecule has 0 aliphatic carbocycles. The second-order valence-corrected chi connectivity index (χ2v) is 4.93. The molecule has 0 fully saturated rings. The van der Waals surface area contributed by atoms with E-state index in [1.165, 1.54) is 0 Å². The minimum atomic E-state index is -1.40. The summed E-state index contributed by atoms with van der Waals surface area (Å²) in [5, 5.41) is 33.7. The summed E-state index contributed by atoms with van der Waals surface area (Å²) in [6.45, 7) is 4.72. The molecule has 0 aromatic rings. The van der Waals surface area contributed by atoms with Crippen LogP contribution in [0.3, 0.4) is 0 Å². The van der Waals surface area contributed by atoms with E-state index in [-0.39, 0.29) is 12.8 Å². The summed E-state index contributed by atoms with van der Waals surface area (Å²) in [6, 6.07) is -3.49. The summed E-state index contributed by atoms with van der Waals surface area (Å²) in [4.78, 5) is 44.2. The molecular formula is C15H29N3O7. The van der Waals surface area contributed by atoms with Crippen molar-refractivity contribution in [2.45, 2.75) is 58.0 Å². The molecule has 25 heavy (non-hydrogen) atoms. The van der Waals surface area contributed by atoms with Gasteiger partial charge in [0.05, 0.1) is 0 Å². The van der Waals surface area contributed by atoms with E-state index in [1.807, 2.05) is 13.8 Å². The number of nitrogens with one attached hydrogen (secondary N) is 3. The maximum Gasteiger partial charge on any atom is 0.326 e. The van der Waals surface area contributed by atoms with E-state index in [9.17, 15) is 19.2 Å². The van der Waals surface area contributed by atoms with Crippen LogP contribution in [0.1, 0.15) is 46.0 Å². The Hall–Kier alpha value is -2.36. The number of carbonyl (C=O) groups excluding carboxylic acids is 1. The van der Waals surface area contributed by atoms with Crippen LogP contribution < -0.4 is 16.0 Å². The highest BCUT2D eigenvalue weighted by Gasteiger charge is 2.24. The van der Waals surface area contributed by atoms with Gasteiger partial charge >= 0.3 is 23.9 Å². The van der Waals surface area contributed by atoms with Crippen LogP contribution in [0, 0.1) is 0 Å². The molecule has 0 heterocycles. The predicted octanol–water partition coefficient (Wildman–Crippen LogP) is 0.473. The van der Waals surface area contributed by atoms with Gasteiger partial charge in [0.2, 0.25) is 0 Å². The summed E-state index contributed by atoms with van der Waals surface area (Å²) in [5.74, 6) is -3.80. The van der Waals surface area contributed by atoms with Gasteiger partial charge in [-0.3, -0.25) is 4.79 Å². The number of carboxylic acid groups (broad SMARTS) is 3. The molecule has 146 valence electrons. The standard InChI is InChI=1S/C13H23N3O7.C2H6/c1-14-7-3-2-4-8(11(19)20)15-13(23)16-9(12(21)22)5-6-10(17)18;1-2/h8-9,14H,2-7H2,1H3,(H,17,18)(H,19,20)(H,21,22)(H2,15,16,23);1-2H3/t8-,9-;/m0./s1. The fraction of sp³-hybridized carbons (Fsp3) is 0.733. The monoisotopic (exact) mass is 363 g/mol. The van der Waals surface area contributed by atoms with Gasteiger partial charge in [-0.15, -0.1) is 0 Å². The molecule has 0 aliphatic rings. The Morgan fingerprint density at radius 1 is 0.840 bits per heavy atom. The first-order valence-corrected chi connectivity index (χ1v) is 8.17. The minimum Gasteiger partial charge on any atom is -0.481 e. The molecule has 0 rings (SSSR count). The number of rotatable bonds is 12. The Bertz CT molecular complexity index is 429. The fourth-order valence-corrected chi connectivity index (χ4v) is 1.79. The number of aliphatic carboxylic acids is 3. The summed E-state index contributed by atoms with van der Waals surface area (Å²) in [7, 11) is 1.77. The van der Waals surface area contributed by atoms with Crippen LogP contribution >= 0.6 is 0 Å². The number of hydrogen-bond donors (Lipinski definition) is 6. The lowest BCUT2D eigenvalue weighted by atomic mass is 10.1. The number of carbonyl (C=O) groups is 4. The quantitative estimate of drug-likeness (QED) is 0.272. The van der Waals surface area contributed by atoms with Crippen LogP contribution in [0.25, 0.3) is 0 Å². The Labute approximate surface area is 147 Å². The third-order valence-corrected chi connectivity index (χ3v) is 3.02. The summed E-state index contributed by atoms with van der Waals surface area (Å²) >= 11 is 0. The van der Waals surface area contributed by atoms with Gasteiger partial charge in [0, 0.05) is 6.42 Å². The second-order valence-electron chi connectivity index (χ2n) is 4.93. The van der Waals surface area contributed by atoms with Crippen molar-refractivity contribution in [3.8, 4) is 0 Å². The molecular weight excluding hydrogens is 334 g/mol. The maximum absolute atomic E-state index is 11.7. The van der Waals surface area contributed by atoms with Gasteiger partial charge in [-0.2, -0.15) is 0 Å². The zero-order valence-corrected chi connectivity index (χ0v) is 14.9. The van der Waals surface area contributed by atoms with Crippen molar-refractivity contribution in [2.24, 2.45) is 0 Å². The van der Waals surface area contributed by atoms with E-state index in [0.717, 1.165) is 13.0 Å². The van der Waals surface area contributed by atoms with E-state index in [1.54, 1.807) is 7.05 Å². The molecule has 10 nitrogen and oxygen atoms in total. The SMILES string of the molecule is CC.CNCCCC[C@H](NC(=O)N[C@@H](CCC(=O)O)C(=O)O)C(=O)O. The van der Waals surface area contributed by atoms with Crippen LogP contribution in [-0.4, -0.2) is 64.9 Å². The van der Waals surface area contributed by atoms with Crippen molar-refractivity contribution in [3.05, 3.63) is 0 Å². The molecule has 0 aliphatic heterocycles. The van der Waals surface area contributed by atoms with Gasteiger partial charge in [-0.05, 0) is 39.3 Å². The molecule has 0 saturated carbocycles. The molecule has 0 unspecified atom stereocenters. The minimum absolute atomic E-state index is 0.206. The first-order valence-electron chi connectivity index (χ1n) is 8.17. The number of amides is 2. The highest BCUT2D eigenvalue weighted by atomic mass is 16.4. The molecule has 0 saturated heterocycles. The highest BCUT2D eigenvalue weighted by Crippen LogP contribution is 2.02. The second kappa shape index (κ2) is 15.2. The Kier molecular flexibility index (Phi) is 15.1. The van der Waals surface area contributed by atoms with E-state index >= 15 is 0 Å². The average Bonchev–Trinajstić information content (AvgIpc) is 2.55. The lowest BCUT2D eigenvalue weighted by molar-refractivity contribution is -0.140. The Morgan fingerprint density at radius 2 is 1.32 bits per heavy atom. The van der Waals surface area contributed by atoms with Crippen molar-refractivity contribution in [2.75, 3.05) is 13.6 Å². The van der Waals surface area contributed by atoms with Crippen molar-refractivity contribution in [1.29, 1.82) is 0 Å². The average molecular weight is 363 g/mol. The predicted molar refractivity (Wildman–Crippen MR) is 90.5 cm³/mol. The van der Waals surface area contributed by atoms with Gasteiger partial charge in [-0.1, -0.05) is 13.8 Å². The maximum atomic E-state index is 11.7. The number of hydrogen-bond acceptors (Lipinski definition) is 5. The van der Waals surface area contributed by atoms with E-state index in [4.69, 9.17) is 15.3 Å². The van der Waals surface area contributed by atoms with Gasteiger partial charge in [0.25, 0.3) is 0 Å². The zero-order chi connectivity index (χ0) is 19.8. The summed E-state index contributed by atoms with van der Waals surface area (Å²) in [6.07, 6.45) is 0.790. The first-order chi connectivity index (χ1) is 11.8. The molecule has 0 spiro atoms. The van der Waals surface area contributed by atoms with Crippen molar-refractivity contribution < 1.29 is 34.5 Å². The molecule has 2 amide bonds. The summed E-state index contributed by atoms with van der Waals surface area (Å²) < 4.78 is 0. The van der Waals surface area contributed by atoms with Gasteiger partial charge in [0.1, 0.15) is 12.1 Å². The summed E-state index contributed by atoms with van der Waals surface area (Å²) in [5.41, 5.74) is 0. The molecule has 0 aromatic heterocycles. The van der Waals surface area contributed by atoms with Gasteiger partial charge in [0.15, 0.2) is 0 Å². The molecule has 0 bridgehead atoms. The van der Waals surface area contributed by atoms with Crippen molar-refractivity contribution in [3.63, 3.8) is 0 Å². The van der Waals surface area contributed by atoms with Crippen molar-refractivity contribution >= 4 is 23.9 Å². The molecule has 6 N–H and O–H groups in total. The topological polar surface area (TPSA) is 165 Å². The zero-order valence-electron chi connectivity index (χ0n) is 14.9. The first kappa shape index (κ1) is 24.9. The number of urea groups is 1. The van der Waals surface area contributed by atoms with Crippen LogP contribution in [0.5, 0.6) is 0 Å². The lowest BCUT2D eigenvalue weighted by Gasteiger charge is -2.18. The third kappa shape index (κ3) is 13.7. The highest BCUT2D eigenvalue weighted by molar-refractivity contribution is 5.86. The van der Waals surface area contributed by atoms with E-state index < -0.39 is 42.4 Å². The molecule has 2 atom stereocenters. The lowest BCUT2D eigenvalue weighted by Crippen LogP contribution is -2.51. The van der Waals surface area contributed by atoms with Gasteiger partial charge < -0.3 is 31.3 Å². The number of carboxylic acids is 3. The van der Waals surface area contributed by atoms with Crippen LogP contribution in [0.4, 0.5) is 4.79 Å². The smallest absolute Gasteiger partial charge is 0.326 e. The molecule has 0 aromatic carbocycles. The van der Waals surface area contributed by atoms with Crippen molar-refractivity contribution in [1.82, 2.24) is 16.0 Å². The fourth-order valence-electron chi connectivity index (χ4n) is 1.79. The van der Waals surface area contributed by atoms with Crippen LogP contribution in [0.2, 0.25) is 0 Å². The third-order valence-electron chi connectivity index (χ3n) is 3.02. The normalized spacial score (nSPS) is 12.1. The van der Waals surface area contributed by atoms with E-state index in [2.05, 4.69) is 16.0 Å². The molecule has 0 radical (unpaired) electrons. The van der Waals surface area contributed by atoms with Crippen LogP contribution in [-0.2, 0) is 14.4 Å². The van der Waals surface area contributed by atoms with Crippen LogP contribution in [0.15, 0.2) is 0 Å². The Balaban J connectivity index is 0. The Morgan fingerprint density at radius 3 is 1.72 bits per heavy atom. The molecule has 10 heteroatoms. The van der Waals surface area contributed by atoms with Gasteiger partial charge in [-0.25, -0.2) is 14.4 Å². The largest absolute Gasteiger partial charge is 0.481 e.